The van der Waals surface area contributed by atoms with Crippen molar-refractivity contribution in [3.63, 3.8) is 0 Å². The van der Waals surface area contributed by atoms with Gasteiger partial charge in [0.15, 0.2) is 0 Å². The van der Waals surface area contributed by atoms with Gasteiger partial charge in [-0.15, -0.1) is 0 Å². The van der Waals surface area contributed by atoms with Gasteiger partial charge in [0, 0.05) is 11.9 Å². The second-order valence-corrected chi connectivity index (χ2v) is 3.67. The Hall–Kier alpha value is -2.56. The molecule has 5 heteroatoms. The molecule has 18 heavy (non-hydrogen) atoms. The lowest BCUT2D eigenvalue weighted by atomic mass is 10.1. The average Bonchev–Trinajstić information content (AvgIpc) is 2.39. The molecule has 0 unspecified atom stereocenters. The highest BCUT2D eigenvalue weighted by atomic mass is 16.5. The smallest absolute Gasteiger partial charge is 0.411 e. The Labute approximate surface area is 105 Å². The fraction of sp³-hybridized carbons (Fsp3) is 0.0769. The van der Waals surface area contributed by atoms with E-state index in [1.165, 1.54) is 7.11 Å². The number of ether oxygens (including phenoxy) is 1. The zero-order chi connectivity index (χ0) is 13.0. The average molecular weight is 243 g/mol. The van der Waals surface area contributed by atoms with Gasteiger partial charge in [-0.3, -0.25) is 5.32 Å². The van der Waals surface area contributed by atoms with Gasteiger partial charge in [0.1, 0.15) is 5.82 Å². The van der Waals surface area contributed by atoms with Crippen molar-refractivity contribution in [2.45, 2.75) is 0 Å². The third kappa shape index (κ3) is 2.76. The number of amides is 1. The van der Waals surface area contributed by atoms with Gasteiger partial charge < -0.3 is 10.5 Å². The molecule has 1 heterocycles. The van der Waals surface area contributed by atoms with Crippen molar-refractivity contribution < 1.29 is 9.53 Å². The number of pyridine rings is 1. The number of nitrogens with two attached hydrogens (primary N) is 1. The summed E-state index contributed by atoms with van der Waals surface area (Å²) in [4.78, 5) is 15.1. The predicted octanol–water partition coefficient (Wildman–Crippen LogP) is 2.51. The molecule has 2 aromatic rings. The van der Waals surface area contributed by atoms with E-state index in [1.807, 2.05) is 24.3 Å². The number of anilines is 2. The second-order valence-electron chi connectivity index (χ2n) is 3.67. The largest absolute Gasteiger partial charge is 0.453 e. The molecule has 3 N–H and O–H groups in total. The summed E-state index contributed by atoms with van der Waals surface area (Å²) in [6, 6.07) is 11.0. The van der Waals surface area contributed by atoms with Crippen LogP contribution in [-0.2, 0) is 4.74 Å². The number of nitrogen functional groups attached to an aromatic ring is 1. The molecule has 0 saturated carbocycles. The van der Waals surface area contributed by atoms with Crippen molar-refractivity contribution in [2.24, 2.45) is 0 Å². The first kappa shape index (κ1) is 11.9. The molecule has 2 rings (SSSR count). The highest BCUT2D eigenvalue weighted by Gasteiger charge is 2.03. The lowest BCUT2D eigenvalue weighted by Crippen LogP contribution is -2.10. The fourth-order valence-electron chi connectivity index (χ4n) is 1.57. The maximum Gasteiger partial charge on any atom is 0.411 e. The molecule has 0 aliphatic carbocycles. The van der Waals surface area contributed by atoms with Crippen LogP contribution in [0.1, 0.15) is 0 Å². The molecule has 0 spiro atoms. The lowest BCUT2D eigenvalue weighted by Gasteiger charge is -2.07. The first-order valence-corrected chi connectivity index (χ1v) is 5.36. The SMILES string of the molecule is COC(=O)Nc1cccc(-c2ccnc(N)c2)c1. The van der Waals surface area contributed by atoms with E-state index in [4.69, 9.17) is 5.73 Å². The molecule has 1 aromatic carbocycles. The van der Waals surface area contributed by atoms with E-state index in [0.29, 0.717) is 11.5 Å². The Bertz CT molecular complexity index is 570. The lowest BCUT2D eigenvalue weighted by molar-refractivity contribution is 0.187. The molecule has 0 saturated heterocycles. The summed E-state index contributed by atoms with van der Waals surface area (Å²) in [7, 11) is 1.32. The molecule has 92 valence electrons. The van der Waals surface area contributed by atoms with E-state index in [9.17, 15) is 4.79 Å². The first-order chi connectivity index (χ1) is 8.69. The van der Waals surface area contributed by atoms with Crippen molar-refractivity contribution in [1.29, 1.82) is 0 Å². The Morgan fingerprint density at radius 2 is 2.06 bits per heavy atom. The van der Waals surface area contributed by atoms with Gasteiger partial charge in [0.2, 0.25) is 0 Å². The van der Waals surface area contributed by atoms with Gasteiger partial charge in [-0.1, -0.05) is 12.1 Å². The van der Waals surface area contributed by atoms with Crippen LogP contribution in [0.5, 0.6) is 0 Å². The number of nitrogens with zero attached hydrogens (tertiary/aromatic N) is 1. The molecular weight excluding hydrogens is 230 g/mol. The summed E-state index contributed by atoms with van der Waals surface area (Å²) in [5, 5.41) is 2.61. The van der Waals surface area contributed by atoms with E-state index in [2.05, 4.69) is 15.0 Å². The van der Waals surface area contributed by atoms with Crippen LogP contribution >= 0.6 is 0 Å². The molecule has 1 amide bonds. The minimum absolute atomic E-state index is 0.457. The van der Waals surface area contributed by atoms with Crippen LogP contribution in [0.3, 0.4) is 0 Å². The summed E-state index contributed by atoms with van der Waals surface area (Å²) in [6.07, 6.45) is 1.15. The minimum Gasteiger partial charge on any atom is -0.453 e. The Morgan fingerprint density at radius 3 is 2.78 bits per heavy atom. The van der Waals surface area contributed by atoms with Crippen molar-refractivity contribution in [1.82, 2.24) is 4.98 Å². The number of carbonyl (C=O) groups excluding carboxylic acids is 1. The van der Waals surface area contributed by atoms with Gasteiger partial charge in [0.05, 0.1) is 7.11 Å². The summed E-state index contributed by atoms with van der Waals surface area (Å²) in [6.45, 7) is 0. The monoisotopic (exact) mass is 243 g/mol. The Kier molecular flexibility index (Phi) is 3.43. The standard InChI is InChI=1S/C13H13N3O2/c1-18-13(17)16-11-4-2-3-9(7-11)10-5-6-15-12(14)8-10/h2-8H,1H3,(H2,14,15)(H,16,17). The van der Waals surface area contributed by atoms with Crippen LogP contribution in [-0.4, -0.2) is 18.2 Å². The predicted molar refractivity (Wildman–Crippen MR) is 70.1 cm³/mol. The van der Waals surface area contributed by atoms with Gasteiger partial charge >= 0.3 is 6.09 Å². The first-order valence-electron chi connectivity index (χ1n) is 5.36. The van der Waals surface area contributed by atoms with Crippen molar-refractivity contribution in [2.75, 3.05) is 18.2 Å². The molecule has 0 radical (unpaired) electrons. The number of hydrogen-bond donors (Lipinski definition) is 2. The highest BCUT2D eigenvalue weighted by molar-refractivity contribution is 5.85. The van der Waals surface area contributed by atoms with Crippen LogP contribution < -0.4 is 11.1 Å². The number of rotatable bonds is 2. The third-order valence-electron chi connectivity index (χ3n) is 2.41. The van der Waals surface area contributed by atoms with E-state index in [0.717, 1.165) is 11.1 Å². The number of nitrogens with one attached hydrogen (secondary N) is 1. The number of hydrogen-bond acceptors (Lipinski definition) is 4. The topological polar surface area (TPSA) is 77.2 Å². The summed E-state index contributed by atoms with van der Waals surface area (Å²) < 4.78 is 4.54. The molecule has 0 atom stereocenters. The van der Waals surface area contributed by atoms with Crippen LogP contribution in [0.15, 0.2) is 42.6 Å². The molecule has 0 aliphatic heterocycles. The Morgan fingerprint density at radius 1 is 1.28 bits per heavy atom. The molecule has 0 bridgehead atoms. The summed E-state index contributed by atoms with van der Waals surface area (Å²) >= 11 is 0. The maximum absolute atomic E-state index is 11.1. The summed E-state index contributed by atoms with van der Waals surface area (Å²) in [5.41, 5.74) is 8.18. The maximum atomic E-state index is 11.1. The third-order valence-corrected chi connectivity index (χ3v) is 2.41. The minimum atomic E-state index is -0.499. The van der Waals surface area contributed by atoms with E-state index >= 15 is 0 Å². The van der Waals surface area contributed by atoms with Gasteiger partial charge in [-0.25, -0.2) is 9.78 Å². The normalized spacial score (nSPS) is 9.83. The summed E-state index contributed by atoms with van der Waals surface area (Å²) in [5.74, 6) is 0.457. The molecular formula is C13H13N3O2. The second kappa shape index (κ2) is 5.18. The Balaban J connectivity index is 2.29. The fourth-order valence-corrected chi connectivity index (χ4v) is 1.57. The molecule has 0 fully saturated rings. The molecule has 5 nitrogen and oxygen atoms in total. The van der Waals surface area contributed by atoms with Crippen molar-refractivity contribution in [3.8, 4) is 11.1 Å². The molecule has 0 aliphatic rings. The molecule has 1 aromatic heterocycles. The highest BCUT2D eigenvalue weighted by Crippen LogP contribution is 2.23. The number of benzene rings is 1. The van der Waals surface area contributed by atoms with Gasteiger partial charge in [0.25, 0.3) is 0 Å². The van der Waals surface area contributed by atoms with E-state index in [1.54, 1.807) is 18.3 Å². The van der Waals surface area contributed by atoms with Crippen LogP contribution in [0.4, 0.5) is 16.3 Å². The van der Waals surface area contributed by atoms with Gasteiger partial charge in [-0.2, -0.15) is 0 Å². The van der Waals surface area contributed by atoms with Crippen molar-refractivity contribution in [3.05, 3.63) is 42.6 Å². The zero-order valence-electron chi connectivity index (χ0n) is 9.88. The number of methoxy groups -OCH3 is 1. The van der Waals surface area contributed by atoms with E-state index < -0.39 is 6.09 Å². The van der Waals surface area contributed by atoms with Crippen LogP contribution in [0.25, 0.3) is 11.1 Å². The van der Waals surface area contributed by atoms with Gasteiger partial charge in [-0.05, 0) is 35.4 Å². The number of aromatic nitrogens is 1. The van der Waals surface area contributed by atoms with Crippen LogP contribution in [0.2, 0.25) is 0 Å². The van der Waals surface area contributed by atoms with Crippen molar-refractivity contribution >= 4 is 17.6 Å². The van der Waals surface area contributed by atoms with Crippen LogP contribution in [0, 0.1) is 0 Å². The number of carbonyl (C=O) groups is 1. The quantitative estimate of drug-likeness (QED) is 0.849. The zero-order valence-corrected chi connectivity index (χ0v) is 9.88. The van der Waals surface area contributed by atoms with E-state index in [-0.39, 0.29) is 0 Å².